The number of amides is 1. The third kappa shape index (κ3) is 5.17. The molecule has 98 valence electrons. The van der Waals surface area contributed by atoms with E-state index in [9.17, 15) is 4.79 Å². The number of unbranched alkanes of at least 4 members (excludes halogenated alkanes) is 1. The second-order valence-electron chi connectivity index (χ2n) is 4.80. The zero-order chi connectivity index (χ0) is 13.4. The Balaban J connectivity index is 2.48. The minimum absolute atomic E-state index is 0.0172. The van der Waals surface area contributed by atoms with Crippen molar-refractivity contribution in [2.24, 2.45) is 0 Å². The van der Waals surface area contributed by atoms with Gasteiger partial charge in [-0.3, -0.25) is 4.79 Å². The van der Waals surface area contributed by atoms with Crippen molar-refractivity contribution in [2.45, 2.75) is 39.5 Å². The van der Waals surface area contributed by atoms with Gasteiger partial charge in [0.05, 0.1) is 0 Å². The number of rotatable bonds is 6. The molecule has 1 N–H and O–H groups in total. The van der Waals surface area contributed by atoms with Gasteiger partial charge in [-0.2, -0.15) is 0 Å². The van der Waals surface area contributed by atoms with Gasteiger partial charge in [-0.25, -0.2) is 0 Å². The molecule has 2 heteroatoms. The predicted molar refractivity (Wildman–Crippen MR) is 77.5 cm³/mol. The minimum Gasteiger partial charge on any atom is -0.353 e. The first-order valence-electron chi connectivity index (χ1n) is 6.69. The van der Waals surface area contributed by atoms with Crippen LogP contribution in [0.4, 0.5) is 0 Å². The highest BCUT2D eigenvalue weighted by atomic mass is 16.1. The lowest BCUT2D eigenvalue weighted by molar-refractivity contribution is -0.116. The zero-order valence-electron chi connectivity index (χ0n) is 11.6. The molecule has 0 saturated heterocycles. The van der Waals surface area contributed by atoms with E-state index in [1.54, 1.807) is 6.08 Å². The van der Waals surface area contributed by atoms with E-state index in [2.05, 4.69) is 38.2 Å². The van der Waals surface area contributed by atoms with Gasteiger partial charge in [0.25, 0.3) is 0 Å². The SMILES string of the molecule is CCCCNC(=O)/C=C/c1ccc(C(C)C)cc1. The van der Waals surface area contributed by atoms with Gasteiger partial charge in [0.2, 0.25) is 5.91 Å². The summed E-state index contributed by atoms with van der Waals surface area (Å²) >= 11 is 0. The standard InChI is InChI=1S/C16H23NO/c1-4-5-12-17-16(18)11-8-14-6-9-15(10-7-14)13(2)3/h6-11,13H,4-5,12H2,1-3H3,(H,17,18)/b11-8+. The second-order valence-corrected chi connectivity index (χ2v) is 4.80. The molecule has 2 nitrogen and oxygen atoms in total. The molecule has 0 aromatic heterocycles. The van der Waals surface area contributed by atoms with Crippen LogP contribution in [0.15, 0.2) is 30.3 Å². The fourth-order valence-electron chi connectivity index (χ4n) is 1.61. The van der Waals surface area contributed by atoms with Crippen LogP contribution in [0.1, 0.15) is 50.7 Å². The molecule has 0 heterocycles. The summed E-state index contributed by atoms with van der Waals surface area (Å²) in [7, 11) is 0. The third-order valence-electron chi connectivity index (χ3n) is 2.86. The molecule has 0 aliphatic carbocycles. The summed E-state index contributed by atoms with van der Waals surface area (Å²) in [5.41, 5.74) is 2.38. The summed E-state index contributed by atoms with van der Waals surface area (Å²) in [4.78, 5) is 11.5. The van der Waals surface area contributed by atoms with E-state index in [0.29, 0.717) is 5.92 Å². The van der Waals surface area contributed by atoms with Crippen LogP contribution in [0.2, 0.25) is 0 Å². The van der Waals surface area contributed by atoms with Crippen LogP contribution in [0.5, 0.6) is 0 Å². The highest BCUT2D eigenvalue weighted by molar-refractivity contribution is 5.91. The first-order chi connectivity index (χ1) is 8.63. The van der Waals surface area contributed by atoms with Gasteiger partial charge in [-0.05, 0) is 29.5 Å². The molecule has 1 amide bonds. The molecule has 1 rings (SSSR count). The van der Waals surface area contributed by atoms with Gasteiger partial charge in [0, 0.05) is 12.6 Å². The average molecular weight is 245 g/mol. The monoisotopic (exact) mass is 245 g/mol. The summed E-state index contributed by atoms with van der Waals surface area (Å²) in [6.45, 7) is 7.21. The van der Waals surface area contributed by atoms with Crippen LogP contribution in [0.3, 0.4) is 0 Å². The first kappa shape index (κ1) is 14.5. The molecule has 0 fully saturated rings. The lowest BCUT2D eigenvalue weighted by Gasteiger charge is -2.04. The maximum absolute atomic E-state index is 11.5. The van der Waals surface area contributed by atoms with Gasteiger partial charge in [-0.15, -0.1) is 0 Å². The maximum Gasteiger partial charge on any atom is 0.243 e. The Hall–Kier alpha value is -1.57. The Morgan fingerprint density at radius 2 is 1.94 bits per heavy atom. The first-order valence-corrected chi connectivity index (χ1v) is 6.69. The molecule has 1 aromatic rings. The van der Waals surface area contributed by atoms with Gasteiger partial charge in [0.1, 0.15) is 0 Å². The molecule has 0 saturated carbocycles. The number of nitrogens with one attached hydrogen (secondary N) is 1. The molecular weight excluding hydrogens is 222 g/mol. The number of carbonyl (C=O) groups is 1. The van der Waals surface area contributed by atoms with Gasteiger partial charge < -0.3 is 5.32 Å². The maximum atomic E-state index is 11.5. The molecule has 0 spiro atoms. The Kier molecular flexibility index (Phi) is 6.20. The van der Waals surface area contributed by atoms with Crippen molar-refractivity contribution < 1.29 is 4.79 Å². The van der Waals surface area contributed by atoms with E-state index >= 15 is 0 Å². The Morgan fingerprint density at radius 3 is 2.50 bits per heavy atom. The average Bonchev–Trinajstić information content (AvgIpc) is 2.37. The molecule has 18 heavy (non-hydrogen) atoms. The molecule has 0 radical (unpaired) electrons. The summed E-state index contributed by atoms with van der Waals surface area (Å²) in [5.74, 6) is 0.525. The van der Waals surface area contributed by atoms with Crippen molar-refractivity contribution in [2.75, 3.05) is 6.54 Å². The zero-order valence-corrected chi connectivity index (χ0v) is 11.6. The molecular formula is C16H23NO. The number of carbonyl (C=O) groups excluding carboxylic acids is 1. The van der Waals surface area contributed by atoms with Crippen molar-refractivity contribution in [3.8, 4) is 0 Å². The van der Waals surface area contributed by atoms with Gasteiger partial charge >= 0.3 is 0 Å². The van der Waals surface area contributed by atoms with Gasteiger partial charge in [0.15, 0.2) is 0 Å². The van der Waals surface area contributed by atoms with E-state index in [-0.39, 0.29) is 5.91 Å². The fraction of sp³-hybridized carbons (Fsp3) is 0.438. The number of benzene rings is 1. The Labute approximate surface area is 110 Å². The highest BCUT2D eigenvalue weighted by Crippen LogP contribution is 2.15. The topological polar surface area (TPSA) is 29.1 Å². The van der Waals surface area contributed by atoms with Crippen LogP contribution in [0, 0.1) is 0 Å². The quantitative estimate of drug-likeness (QED) is 0.600. The molecule has 0 atom stereocenters. The Bertz CT molecular complexity index is 390. The number of hydrogen-bond donors (Lipinski definition) is 1. The van der Waals surface area contributed by atoms with E-state index in [1.807, 2.05) is 18.2 Å². The molecule has 0 bridgehead atoms. The van der Waals surface area contributed by atoms with Crippen LogP contribution >= 0.6 is 0 Å². The fourth-order valence-corrected chi connectivity index (χ4v) is 1.61. The summed E-state index contributed by atoms with van der Waals surface area (Å²) in [5, 5.41) is 2.86. The van der Waals surface area contributed by atoms with Gasteiger partial charge in [-0.1, -0.05) is 51.5 Å². The molecule has 0 unspecified atom stereocenters. The van der Waals surface area contributed by atoms with Crippen LogP contribution < -0.4 is 5.32 Å². The summed E-state index contributed by atoms with van der Waals surface area (Å²) in [6.07, 6.45) is 5.58. The van der Waals surface area contributed by atoms with Crippen molar-refractivity contribution in [3.63, 3.8) is 0 Å². The van der Waals surface area contributed by atoms with Crippen molar-refractivity contribution in [1.82, 2.24) is 5.32 Å². The lowest BCUT2D eigenvalue weighted by atomic mass is 10.0. The van der Waals surface area contributed by atoms with Crippen LogP contribution in [-0.4, -0.2) is 12.5 Å². The number of hydrogen-bond acceptors (Lipinski definition) is 1. The lowest BCUT2D eigenvalue weighted by Crippen LogP contribution is -2.21. The van der Waals surface area contributed by atoms with Crippen molar-refractivity contribution >= 4 is 12.0 Å². The smallest absolute Gasteiger partial charge is 0.243 e. The Morgan fingerprint density at radius 1 is 1.28 bits per heavy atom. The molecule has 1 aromatic carbocycles. The summed E-state index contributed by atoms with van der Waals surface area (Å²) < 4.78 is 0. The molecule has 0 aliphatic rings. The highest BCUT2D eigenvalue weighted by Gasteiger charge is 1.98. The van der Waals surface area contributed by atoms with Crippen molar-refractivity contribution in [1.29, 1.82) is 0 Å². The minimum atomic E-state index is -0.0172. The normalized spacial score (nSPS) is 11.1. The second kappa shape index (κ2) is 7.70. The van der Waals surface area contributed by atoms with Crippen LogP contribution in [0.25, 0.3) is 6.08 Å². The van der Waals surface area contributed by atoms with E-state index in [1.165, 1.54) is 5.56 Å². The van der Waals surface area contributed by atoms with E-state index in [4.69, 9.17) is 0 Å². The van der Waals surface area contributed by atoms with Crippen LogP contribution in [-0.2, 0) is 4.79 Å². The van der Waals surface area contributed by atoms with E-state index < -0.39 is 0 Å². The van der Waals surface area contributed by atoms with Crippen molar-refractivity contribution in [3.05, 3.63) is 41.5 Å². The molecule has 0 aliphatic heterocycles. The third-order valence-corrected chi connectivity index (χ3v) is 2.86. The van der Waals surface area contributed by atoms with E-state index in [0.717, 1.165) is 24.9 Å². The summed E-state index contributed by atoms with van der Waals surface area (Å²) in [6, 6.07) is 8.31. The largest absolute Gasteiger partial charge is 0.353 e. The predicted octanol–water partition coefficient (Wildman–Crippen LogP) is 3.74.